The number of halogens is 1. The minimum atomic E-state index is -0.934. The predicted octanol–water partition coefficient (Wildman–Crippen LogP) is 4.03. The number of hydrogen-bond donors (Lipinski definition) is 1. The Morgan fingerprint density at radius 3 is 2.46 bits per heavy atom. The van der Waals surface area contributed by atoms with Crippen LogP contribution < -0.4 is 10.1 Å². The fourth-order valence-corrected chi connectivity index (χ4v) is 2.24. The van der Waals surface area contributed by atoms with Gasteiger partial charge in [0.25, 0.3) is 5.91 Å². The molecule has 2 rings (SSSR count). The first-order valence-electron chi connectivity index (χ1n) is 7.50. The minimum absolute atomic E-state index is 0.294. The number of esters is 1. The monoisotopic (exact) mass is 391 g/mol. The summed E-state index contributed by atoms with van der Waals surface area (Å²) in [6.45, 7) is 3.79. The van der Waals surface area contributed by atoms with Gasteiger partial charge in [0.05, 0.1) is 6.61 Å². The molecule has 0 aliphatic heterocycles. The topological polar surface area (TPSA) is 64.6 Å². The Balaban J connectivity index is 2.00. The predicted molar refractivity (Wildman–Crippen MR) is 95.3 cm³/mol. The number of amides is 1. The molecule has 0 heterocycles. The summed E-state index contributed by atoms with van der Waals surface area (Å²) in [5, 5.41) is 2.70. The van der Waals surface area contributed by atoms with Crippen molar-refractivity contribution in [2.24, 2.45) is 0 Å². The van der Waals surface area contributed by atoms with Gasteiger partial charge in [0.15, 0.2) is 6.10 Å². The Kier molecular flexibility index (Phi) is 6.37. The quantitative estimate of drug-likeness (QED) is 0.754. The molecule has 0 aliphatic rings. The molecule has 126 valence electrons. The second-order valence-corrected chi connectivity index (χ2v) is 5.89. The van der Waals surface area contributed by atoms with Crippen LogP contribution in [-0.2, 0) is 9.53 Å². The lowest BCUT2D eigenvalue weighted by atomic mass is 10.2. The average molecular weight is 392 g/mol. The highest BCUT2D eigenvalue weighted by Crippen LogP contribution is 2.20. The van der Waals surface area contributed by atoms with E-state index in [0.29, 0.717) is 23.6 Å². The lowest BCUT2D eigenvalue weighted by Crippen LogP contribution is -2.30. The lowest BCUT2D eigenvalue weighted by molar-refractivity contribution is -0.123. The van der Waals surface area contributed by atoms with E-state index in [2.05, 4.69) is 21.2 Å². The average Bonchev–Trinajstić information content (AvgIpc) is 2.57. The van der Waals surface area contributed by atoms with Crippen molar-refractivity contribution in [2.75, 3.05) is 11.9 Å². The van der Waals surface area contributed by atoms with Crippen LogP contribution in [0.15, 0.2) is 53.0 Å². The number of ether oxygens (including phenoxy) is 2. The van der Waals surface area contributed by atoms with E-state index >= 15 is 0 Å². The van der Waals surface area contributed by atoms with Crippen molar-refractivity contribution >= 4 is 33.5 Å². The summed E-state index contributed by atoms with van der Waals surface area (Å²) in [4.78, 5) is 24.4. The van der Waals surface area contributed by atoms with Crippen molar-refractivity contribution in [3.63, 3.8) is 0 Å². The van der Waals surface area contributed by atoms with E-state index < -0.39 is 18.0 Å². The van der Waals surface area contributed by atoms with Gasteiger partial charge < -0.3 is 14.8 Å². The summed E-state index contributed by atoms with van der Waals surface area (Å²) in [7, 11) is 0. The second-order valence-electron chi connectivity index (χ2n) is 4.97. The molecule has 1 atom stereocenters. The third-order valence-electron chi connectivity index (χ3n) is 3.17. The van der Waals surface area contributed by atoms with Crippen LogP contribution in [0.3, 0.4) is 0 Å². The SMILES string of the molecule is CCOc1ccccc1C(=O)O[C@@H](C)C(=O)Nc1ccc(Br)cc1. The van der Waals surface area contributed by atoms with Crippen LogP contribution >= 0.6 is 15.9 Å². The number of hydrogen-bond acceptors (Lipinski definition) is 4. The molecule has 0 saturated heterocycles. The van der Waals surface area contributed by atoms with Crippen molar-refractivity contribution in [3.05, 3.63) is 58.6 Å². The Morgan fingerprint density at radius 1 is 1.12 bits per heavy atom. The van der Waals surface area contributed by atoms with E-state index in [-0.39, 0.29) is 0 Å². The molecule has 0 fully saturated rings. The molecule has 6 heteroatoms. The molecule has 1 amide bonds. The zero-order valence-electron chi connectivity index (χ0n) is 13.4. The van der Waals surface area contributed by atoms with Crippen LogP contribution in [0.5, 0.6) is 5.75 Å². The fraction of sp³-hybridized carbons (Fsp3) is 0.222. The van der Waals surface area contributed by atoms with Crippen molar-refractivity contribution in [2.45, 2.75) is 20.0 Å². The lowest BCUT2D eigenvalue weighted by Gasteiger charge is -2.15. The molecule has 5 nitrogen and oxygen atoms in total. The molecule has 0 radical (unpaired) electrons. The molecule has 0 spiro atoms. The first-order chi connectivity index (χ1) is 11.5. The van der Waals surface area contributed by atoms with Crippen molar-refractivity contribution in [3.8, 4) is 5.75 Å². The highest BCUT2D eigenvalue weighted by atomic mass is 79.9. The van der Waals surface area contributed by atoms with Gasteiger partial charge in [-0.15, -0.1) is 0 Å². The summed E-state index contributed by atoms with van der Waals surface area (Å²) in [6, 6.07) is 13.9. The van der Waals surface area contributed by atoms with Gasteiger partial charge in [0, 0.05) is 10.2 Å². The van der Waals surface area contributed by atoms with Crippen LogP contribution in [0, 0.1) is 0 Å². The zero-order chi connectivity index (χ0) is 17.5. The highest BCUT2D eigenvalue weighted by Gasteiger charge is 2.21. The largest absolute Gasteiger partial charge is 0.493 e. The van der Waals surface area contributed by atoms with E-state index in [1.165, 1.54) is 6.92 Å². The number of benzene rings is 2. The van der Waals surface area contributed by atoms with E-state index in [1.807, 2.05) is 19.1 Å². The third-order valence-corrected chi connectivity index (χ3v) is 3.70. The Bertz CT molecular complexity index is 715. The fourth-order valence-electron chi connectivity index (χ4n) is 1.97. The van der Waals surface area contributed by atoms with Crippen molar-refractivity contribution in [1.29, 1.82) is 0 Å². The van der Waals surface area contributed by atoms with Crippen LogP contribution in [-0.4, -0.2) is 24.6 Å². The zero-order valence-corrected chi connectivity index (χ0v) is 15.0. The maximum Gasteiger partial charge on any atom is 0.342 e. The first kappa shape index (κ1) is 18.0. The van der Waals surface area contributed by atoms with Crippen LogP contribution in [0.4, 0.5) is 5.69 Å². The van der Waals surface area contributed by atoms with Gasteiger partial charge in [0.1, 0.15) is 11.3 Å². The molecule has 0 unspecified atom stereocenters. The van der Waals surface area contributed by atoms with E-state index in [9.17, 15) is 9.59 Å². The molecule has 0 aromatic heterocycles. The maximum absolute atomic E-state index is 12.3. The molecule has 2 aromatic rings. The molecular weight excluding hydrogens is 374 g/mol. The number of para-hydroxylation sites is 1. The summed E-state index contributed by atoms with van der Waals surface area (Å²) in [6.07, 6.45) is -0.934. The molecule has 24 heavy (non-hydrogen) atoms. The molecular formula is C18H18BrNO4. The minimum Gasteiger partial charge on any atom is -0.493 e. The molecule has 2 aromatic carbocycles. The van der Waals surface area contributed by atoms with Crippen LogP contribution in [0.1, 0.15) is 24.2 Å². The second kappa shape index (κ2) is 8.49. The summed E-state index contributed by atoms with van der Waals surface area (Å²) < 4.78 is 11.6. The number of carbonyl (C=O) groups is 2. The Morgan fingerprint density at radius 2 is 1.79 bits per heavy atom. The number of carbonyl (C=O) groups excluding carboxylic acids is 2. The number of rotatable bonds is 6. The Labute approximate surface area is 149 Å². The van der Waals surface area contributed by atoms with Crippen molar-refractivity contribution in [1.82, 2.24) is 0 Å². The summed E-state index contributed by atoms with van der Waals surface area (Å²) >= 11 is 3.32. The van der Waals surface area contributed by atoms with Gasteiger partial charge in [-0.3, -0.25) is 4.79 Å². The Hall–Kier alpha value is -2.34. The van der Waals surface area contributed by atoms with Crippen LogP contribution in [0.25, 0.3) is 0 Å². The maximum atomic E-state index is 12.3. The highest BCUT2D eigenvalue weighted by molar-refractivity contribution is 9.10. The number of nitrogens with one attached hydrogen (secondary N) is 1. The third kappa shape index (κ3) is 4.83. The molecule has 1 N–H and O–H groups in total. The van der Waals surface area contributed by atoms with E-state index in [1.54, 1.807) is 36.4 Å². The summed E-state index contributed by atoms with van der Waals surface area (Å²) in [5.41, 5.74) is 0.920. The molecule has 0 bridgehead atoms. The molecule has 0 saturated carbocycles. The van der Waals surface area contributed by atoms with Crippen molar-refractivity contribution < 1.29 is 19.1 Å². The normalized spacial score (nSPS) is 11.5. The summed E-state index contributed by atoms with van der Waals surface area (Å²) in [5.74, 6) is -0.567. The van der Waals surface area contributed by atoms with E-state index in [4.69, 9.17) is 9.47 Å². The number of anilines is 1. The first-order valence-corrected chi connectivity index (χ1v) is 8.29. The standard InChI is InChI=1S/C18H18BrNO4/c1-3-23-16-7-5-4-6-15(16)18(22)24-12(2)17(21)20-14-10-8-13(19)9-11-14/h4-12H,3H2,1-2H3,(H,20,21)/t12-/m0/s1. The van der Waals surface area contributed by atoms with Crippen LogP contribution in [0.2, 0.25) is 0 Å². The van der Waals surface area contributed by atoms with E-state index in [0.717, 1.165) is 4.47 Å². The van der Waals surface area contributed by atoms with Gasteiger partial charge in [-0.1, -0.05) is 28.1 Å². The molecule has 0 aliphatic carbocycles. The van der Waals surface area contributed by atoms with Gasteiger partial charge in [-0.05, 0) is 50.2 Å². The smallest absolute Gasteiger partial charge is 0.342 e. The van der Waals surface area contributed by atoms with Gasteiger partial charge >= 0.3 is 5.97 Å². The van der Waals surface area contributed by atoms with Gasteiger partial charge in [-0.25, -0.2) is 4.79 Å². The van der Waals surface area contributed by atoms with Gasteiger partial charge in [0.2, 0.25) is 0 Å². The van der Waals surface area contributed by atoms with Gasteiger partial charge in [-0.2, -0.15) is 0 Å².